The maximum Gasteiger partial charge on any atom is 0.0890 e. The second-order valence-corrected chi connectivity index (χ2v) is 5.70. The van der Waals surface area contributed by atoms with Gasteiger partial charge in [0.25, 0.3) is 0 Å². The highest BCUT2D eigenvalue weighted by Gasteiger charge is 2.16. The first-order valence-electron chi connectivity index (χ1n) is 6.62. The molecule has 0 amide bonds. The largest absolute Gasteiger partial charge is 0.253 e. The Morgan fingerprint density at radius 1 is 1.06 bits per heavy atom. The second kappa shape index (κ2) is 5.94. The Bertz CT molecular complexity index is 510. The van der Waals surface area contributed by atoms with Crippen LogP contribution < -0.4 is 0 Å². The van der Waals surface area contributed by atoms with Crippen molar-refractivity contribution >= 4 is 11.0 Å². The number of rotatable bonds is 0. The Kier molecular flexibility index (Phi) is 4.83. The normalized spacial score (nSPS) is 11.0. The molecule has 0 aliphatic carbocycles. The predicted octanol–water partition coefficient (Wildman–Crippen LogP) is 4.65. The molecule has 0 N–H and O–H groups in total. The zero-order valence-electron chi connectivity index (χ0n) is 12.4. The number of fused-ring (bicyclic) bond motifs is 1. The lowest BCUT2D eigenvalue weighted by Crippen LogP contribution is -2.13. The molecule has 0 saturated heterocycles. The molecule has 2 rings (SSSR count). The topological polar surface area (TPSA) is 25.8 Å². The van der Waals surface area contributed by atoms with Gasteiger partial charge >= 0.3 is 0 Å². The van der Waals surface area contributed by atoms with Gasteiger partial charge < -0.3 is 0 Å². The first-order valence-corrected chi connectivity index (χ1v) is 6.62. The van der Waals surface area contributed by atoms with Crippen molar-refractivity contribution in [1.29, 1.82) is 0 Å². The molecule has 0 atom stereocenters. The maximum atomic E-state index is 4.63. The van der Waals surface area contributed by atoms with E-state index in [1.165, 1.54) is 12.0 Å². The first-order chi connectivity index (χ1) is 8.38. The molecule has 2 heteroatoms. The van der Waals surface area contributed by atoms with Crippen molar-refractivity contribution in [3.63, 3.8) is 0 Å². The molecule has 0 bridgehead atoms. The third-order valence-electron chi connectivity index (χ3n) is 2.47. The van der Waals surface area contributed by atoms with Crippen molar-refractivity contribution in [2.75, 3.05) is 0 Å². The minimum atomic E-state index is 0.0616. The van der Waals surface area contributed by atoms with Gasteiger partial charge in [-0.05, 0) is 24.6 Å². The molecule has 0 saturated carbocycles. The van der Waals surface area contributed by atoms with E-state index in [1.54, 1.807) is 0 Å². The molecule has 0 spiro atoms. The second-order valence-electron chi connectivity index (χ2n) is 5.70. The van der Waals surface area contributed by atoms with Crippen LogP contribution in [0.25, 0.3) is 11.0 Å². The number of aryl methyl sites for hydroxylation is 1. The summed E-state index contributed by atoms with van der Waals surface area (Å²) in [4.78, 5) is 9.07. The Morgan fingerprint density at radius 3 is 2.22 bits per heavy atom. The number of hydrogen-bond donors (Lipinski definition) is 0. The molecular formula is C16H24N2. The van der Waals surface area contributed by atoms with Crippen LogP contribution in [0.2, 0.25) is 0 Å². The monoisotopic (exact) mass is 244 g/mol. The van der Waals surface area contributed by atoms with E-state index in [0.717, 1.165) is 16.7 Å². The van der Waals surface area contributed by atoms with Gasteiger partial charge in [-0.1, -0.05) is 47.1 Å². The van der Waals surface area contributed by atoms with Gasteiger partial charge in [0.15, 0.2) is 0 Å². The first kappa shape index (κ1) is 14.6. The summed E-state index contributed by atoms with van der Waals surface area (Å²) >= 11 is 0. The van der Waals surface area contributed by atoms with E-state index in [-0.39, 0.29) is 5.41 Å². The molecule has 0 radical (unpaired) electrons. The van der Waals surface area contributed by atoms with Gasteiger partial charge in [-0.3, -0.25) is 4.98 Å². The van der Waals surface area contributed by atoms with Crippen molar-refractivity contribution in [3.8, 4) is 0 Å². The van der Waals surface area contributed by atoms with Gasteiger partial charge in [0, 0.05) is 11.6 Å². The van der Waals surface area contributed by atoms with E-state index >= 15 is 0 Å². The van der Waals surface area contributed by atoms with Gasteiger partial charge in [-0.15, -0.1) is 0 Å². The van der Waals surface area contributed by atoms with Crippen molar-refractivity contribution in [2.45, 2.75) is 53.4 Å². The number of benzene rings is 1. The van der Waals surface area contributed by atoms with Crippen molar-refractivity contribution < 1.29 is 0 Å². The molecule has 18 heavy (non-hydrogen) atoms. The van der Waals surface area contributed by atoms with Crippen LogP contribution >= 0.6 is 0 Å². The van der Waals surface area contributed by atoms with Gasteiger partial charge in [-0.25, -0.2) is 4.98 Å². The lowest BCUT2D eigenvalue weighted by molar-refractivity contribution is 0.568. The molecule has 0 unspecified atom stereocenters. The summed E-state index contributed by atoms with van der Waals surface area (Å²) in [5.41, 5.74) is 4.28. The Labute approximate surface area is 110 Å². The average Bonchev–Trinajstić information content (AvgIpc) is 2.28. The zero-order valence-corrected chi connectivity index (χ0v) is 12.4. The summed E-state index contributed by atoms with van der Waals surface area (Å²) in [5.74, 6) is 0. The molecule has 1 heterocycles. The number of aromatic nitrogens is 2. The van der Waals surface area contributed by atoms with Crippen LogP contribution in [0.5, 0.6) is 0 Å². The highest BCUT2D eigenvalue weighted by atomic mass is 14.8. The van der Waals surface area contributed by atoms with E-state index in [2.05, 4.69) is 63.6 Å². The fourth-order valence-electron chi connectivity index (χ4n) is 1.48. The molecule has 2 aromatic rings. The highest BCUT2D eigenvalue weighted by molar-refractivity contribution is 5.74. The smallest absolute Gasteiger partial charge is 0.0890 e. The molecule has 2 nitrogen and oxygen atoms in total. The standard InChI is InChI=1S/C13H16N2.C3H8/c1-9-5-6-10-11(7-9)14-8-12(15-10)13(2,3)4;1-3-2/h5-8H,1-4H3;3H2,1-2H3. The molecular weight excluding hydrogens is 220 g/mol. The minimum Gasteiger partial charge on any atom is -0.253 e. The molecule has 0 aliphatic rings. The Morgan fingerprint density at radius 2 is 1.67 bits per heavy atom. The summed E-state index contributed by atoms with van der Waals surface area (Å²) in [6.45, 7) is 12.8. The third kappa shape index (κ3) is 3.80. The fraction of sp³-hybridized carbons (Fsp3) is 0.500. The Balaban J connectivity index is 0.000000492. The number of hydrogen-bond acceptors (Lipinski definition) is 2. The molecule has 1 aromatic heterocycles. The average molecular weight is 244 g/mol. The summed E-state index contributed by atoms with van der Waals surface area (Å²) in [7, 11) is 0. The number of nitrogens with zero attached hydrogens (tertiary/aromatic N) is 2. The molecule has 98 valence electrons. The quantitative estimate of drug-likeness (QED) is 0.674. The minimum absolute atomic E-state index is 0.0616. The van der Waals surface area contributed by atoms with Crippen LogP contribution in [0.4, 0.5) is 0 Å². The van der Waals surface area contributed by atoms with Crippen LogP contribution in [-0.4, -0.2) is 9.97 Å². The fourth-order valence-corrected chi connectivity index (χ4v) is 1.48. The molecule has 0 fully saturated rings. The van der Waals surface area contributed by atoms with Gasteiger partial charge in [0.1, 0.15) is 0 Å². The SMILES string of the molecule is CCC.Cc1ccc2nc(C(C)(C)C)cnc2c1. The van der Waals surface area contributed by atoms with E-state index in [1.807, 2.05) is 12.3 Å². The Hall–Kier alpha value is -1.44. The summed E-state index contributed by atoms with van der Waals surface area (Å²) in [6.07, 6.45) is 3.13. The summed E-state index contributed by atoms with van der Waals surface area (Å²) < 4.78 is 0. The lowest BCUT2D eigenvalue weighted by Gasteiger charge is -2.17. The van der Waals surface area contributed by atoms with Gasteiger partial charge in [0.05, 0.1) is 16.7 Å². The van der Waals surface area contributed by atoms with E-state index < -0.39 is 0 Å². The van der Waals surface area contributed by atoms with Crippen molar-refractivity contribution in [1.82, 2.24) is 9.97 Å². The predicted molar refractivity (Wildman–Crippen MR) is 78.9 cm³/mol. The van der Waals surface area contributed by atoms with E-state index in [0.29, 0.717) is 0 Å². The third-order valence-corrected chi connectivity index (χ3v) is 2.47. The molecule has 0 aliphatic heterocycles. The van der Waals surface area contributed by atoms with E-state index in [9.17, 15) is 0 Å². The maximum absolute atomic E-state index is 4.63. The zero-order chi connectivity index (χ0) is 13.8. The molecule has 1 aromatic carbocycles. The summed E-state index contributed by atoms with van der Waals surface area (Å²) in [5, 5.41) is 0. The summed E-state index contributed by atoms with van der Waals surface area (Å²) in [6, 6.07) is 6.17. The van der Waals surface area contributed by atoms with Crippen LogP contribution in [-0.2, 0) is 5.41 Å². The van der Waals surface area contributed by atoms with E-state index in [4.69, 9.17) is 0 Å². The van der Waals surface area contributed by atoms with Gasteiger partial charge in [0.2, 0.25) is 0 Å². The van der Waals surface area contributed by atoms with Crippen LogP contribution in [0.15, 0.2) is 24.4 Å². The van der Waals surface area contributed by atoms with Crippen LogP contribution in [0.3, 0.4) is 0 Å². The van der Waals surface area contributed by atoms with Gasteiger partial charge in [-0.2, -0.15) is 0 Å². The van der Waals surface area contributed by atoms with Crippen molar-refractivity contribution in [2.24, 2.45) is 0 Å². The highest BCUT2D eigenvalue weighted by Crippen LogP contribution is 2.21. The van der Waals surface area contributed by atoms with Crippen LogP contribution in [0, 0.1) is 6.92 Å². The lowest BCUT2D eigenvalue weighted by atomic mass is 9.92. The van der Waals surface area contributed by atoms with Crippen LogP contribution in [0.1, 0.15) is 52.3 Å². The van der Waals surface area contributed by atoms with Crippen molar-refractivity contribution in [3.05, 3.63) is 35.7 Å².